The average Bonchev–Trinajstić information content (AvgIpc) is 3.09. The molecule has 0 radical (unpaired) electrons. The fourth-order valence-corrected chi connectivity index (χ4v) is 6.87. The first-order valence-electron chi connectivity index (χ1n) is 15.2. The van der Waals surface area contributed by atoms with Gasteiger partial charge in [0.15, 0.2) is 0 Å². The third-order valence-electron chi connectivity index (χ3n) is 9.55. The fraction of sp³-hybridized carbons (Fsp3) is 0.559. The molecule has 1 N–H and O–H groups in total. The molecule has 0 spiro atoms. The number of aryl methyl sites for hydroxylation is 1. The van der Waals surface area contributed by atoms with Gasteiger partial charge in [0.05, 0.1) is 18.4 Å². The van der Waals surface area contributed by atoms with Gasteiger partial charge in [-0.05, 0) is 91.3 Å². The molecule has 0 saturated heterocycles. The Labute approximate surface area is 245 Å². The molecule has 5 rings (SSSR count). The monoisotopic (exact) mass is 564 g/mol. The van der Waals surface area contributed by atoms with Crippen LogP contribution in [0.2, 0.25) is 5.02 Å². The number of ether oxygens (including phenoxy) is 1. The average molecular weight is 565 g/mol. The van der Waals surface area contributed by atoms with Crippen molar-refractivity contribution in [2.45, 2.75) is 83.3 Å². The van der Waals surface area contributed by atoms with Crippen molar-refractivity contribution in [3.8, 4) is 5.75 Å². The SMILES string of the molecule is CCCc1cc(Cl)ccc1C1COc2ccc3cc2N(C1)CC1CCC1C(O)/C=C/CC(C)N(C)C(=O)CC3C. The largest absolute Gasteiger partial charge is 0.491 e. The number of rotatable bonds is 3. The van der Waals surface area contributed by atoms with Crippen LogP contribution in [0.4, 0.5) is 5.69 Å². The number of aliphatic hydroxyl groups excluding tert-OH is 1. The summed E-state index contributed by atoms with van der Waals surface area (Å²) in [5.41, 5.74) is 4.89. The van der Waals surface area contributed by atoms with Gasteiger partial charge in [0.2, 0.25) is 5.91 Å². The number of amides is 1. The second-order valence-electron chi connectivity index (χ2n) is 12.3. The maximum atomic E-state index is 13.2. The molecule has 2 aromatic carbocycles. The molecule has 1 amide bonds. The fourth-order valence-electron chi connectivity index (χ4n) is 6.68. The van der Waals surface area contributed by atoms with E-state index >= 15 is 0 Å². The number of hydrogen-bond acceptors (Lipinski definition) is 4. The van der Waals surface area contributed by atoms with Crippen molar-refractivity contribution in [2.75, 3.05) is 31.6 Å². The van der Waals surface area contributed by atoms with E-state index in [0.717, 1.165) is 67.2 Å². The number of hydrogen-bond donors (Lipinski definition) is 1. The van der Waals surface area contributed by atoms with Crippen molar-refractivity contribution >= 4 is 23.2 Å². The summed E-state index contributed by atoms with van der Waals surface area (Å²) in [5, 5.41) is 11.9. The molecule has 1 aliphatic carbocycles. The molecule has 6 atom stereocenters. The van der Waals surface area contributed by atoms with Gasteiger partial charge in [0, 0.05) is 43.5 Å². The van der Waals surface area contributed by atoms with Gasteiger partial charge in [0.25, 0.3) is 0 Å². The third-order valence-corrected chi connectivity index (χ3v) is 9.79. The summed E-state index contributed by atoms with van der Waals surface area (Å²) in [5.74, 6) is 2.02. The Morgan fingerprint density at radius 3 is 2.67 bits per heavy atom. The van der Waals surface area contributed by atoms with E-state index in [1.165, 1.54) is 11.1 Å². The highest BCUT2D eigenvalue weighted by molar-refractivity contribution is 6.30. The summed E-state index contributed by atoms with van der Waals surface area (Å²) in [7, 11) is 1.89. The van der Waals surface area contributed by atoms with E-state index in [1.54, 1.807) is 0 Å². The van der Waals surface area contributed by atoms with Crippen LogP contribution in [0.1, 0.15) is 81.4 Å². The lowest BCUT2D eigenvalue weighted by Gasteiger charge is -2.43. The van der Waals surface area contributed by atoms with Crippen molar-refractivity contribution in [1.82, 2.24) is 4.90 Å². The molecule has 2 aromatic rings. The number of aliphatic hydroxyl groups is 1. The van der Waals surface area contributed by atoms with Gasteiger partial charge >= 0.3 is 0 Å². The van der Waals surface area contributed by atoms with Crippen molar-refractivity contribution in [3.63, 3.8) is 0 Å². The molecule has 1 saturated carbocycles. The second kappa shape index (κ2) is 12.6. The number of carbonyl (C=O) groups is 1. The number of fused-ring (bicyclic) bond motifs is 2. The Kier molecular flexibility index (Phi) is 9.11. The number of nitrogens with zero attached hydrogens (tertiary/aromatic N) is 2. The lowest BCUT2D eigenvalue weighted by molar-refractivity contribution is -0.131. The molecular formula is C34H45ClN2O3. The molecule has 2 heterocycles. The predicted octanol–water partition coefficient (Wildman–Crippen LogP) is 6.96. The van der Waals surface area contributed by atoms with Crippen LogP contribution in [-0.4, -0.2) is 54.8 Å². The van der Waals surface area contributed by atoms with Crippen LogP contribution in [0, 0.1) is 11.8 Å². The van der Waals surface area contributed by atoms with Crippen molar-refractivity contribution in [3.05, 3.63) is 70.3 Å². The van der Waals surface area contributed by atoms with E-state index in [0.29, 0.717) is 18.9 Å². The van der Waals surface area contributed by atoms with E-state index in [-0.39, 0.29) is 29.7 Å². The Morgan fingerprint density at radius 1 is 1.10 bits per heavy atom. The van der Waals surface area contributed by atoms with E-state index in [2.05, 4.69) is 62.1 Å². The Bertz CT molecular complexity index is 1230. The van der Waals surface area contributed by atoms with Crippen LogP contribution >= 0.6 is 11.6 Å². The Balaban J connectivity index is 1.52. The van der Waals surface area contributed by atoms with E-state index in [1.807, 2.05) is 24.1 Å². The van der Waals surface area contributed by atoms with Gasteiger partial charge in [-0.1, -0.05) is 56.2 Å². The molecule has 40 heavy (non-hydrogen) atoms. The summed E-state index contributed by atoms with van der Waals surface area (Å²) < 4.78 is 6.52. The van der Waals surface area contributed by atoms with Crippen LogP contribution in [0.3, 0.4) is 0 Å². The molecule has 3 aliphatic rings. The maximum Gasteiger partial charge on any atom is 0.223 e. The van der Waals surface area contributed by atoms with Gasteiger partial charge in [-0.3, -0.25) is 4.79 Å². The quantitative estimate of drug-likeness (QED) is 0.409. The van der Waals surface area contributed by atoms with Crippen LogP contribution in [0.15, 0.2) is 48.6 Å². The maximum absolute atomic E-state index is 13.2. The van der Waals surface area contributed by atoms with Crippen LogP contribution in [-0.2, 0) is 11.2 Å². The number of halogens is 1. The van der Waals surface area contributed by atoms with E-state index < -0.39 is 6.10 Å². The highest BCUT2D eigenvalue weighted by atomic mass is 35.5. The molecule has 1 fully saturated rings. The zero-order valence-corrected chi connectivity index (χ0v) is 25.2. The van der Waals surface area contributed by atoms with Crippen molar-refractivity contribution < 1.29 is 14.6 Å². The molecule has 6 unspecified atom stereocenters. The summed E-state index contributed by atoms with van der Waals surface area (Å²) in [6.45, 7) is 8.77. The van der Waals surface area contributed by atoms with Crippen LogP contribution in [0.5, 0.6) is 5.75 Å². The Morgan fingerprint density at radius 2 is 1.93 bits per heavy atom. The topological polar surface area (TPSA) is 53.0 Å². The molecule has 2 bridgehead atoms. The summed E-state index contributed by atoms with van der Waals surface area (Å²) in [6.07, 6.45) is 9.00. The third kappa shape index (κ3) is 6.21. The first kappa shape index (κ1) is 29.0. The zero-order valence-electron chi connectivity index (χ0n) is 24.5. The summed E-state index contributed by atoms with van der Waals surface area (Å²) >= 11 is 6.41. The van der Waals surface area contributed by atoms with Crippen LogP contribution in [0.25, 0.3) is 0 Å². The summed E-state index contributed by atoms with van der Waals surface area (Å²) in [4.78, 5) is 17.5. The number of benzene rings is 2. The normalized spacial score (nSPS) is 30.1. The Hall–Kier alpha value is -2.50. The minimum absolute atomic E-state index is 0.0894. The smallest absolute Gasteiger partial charge is 0.223 e. The van der Waals surface area contributed by atoms with Crippen molar-refractivity contribution in [1.29, 1.82) is 0 Å². The van der Waals surface area contributed by atoms with Crippen molar-refractivity contribution in [2.24, 2.45) is 11.8 Å². The lowest BCUT2D eigenvalue weighted by Crippen LogP contribution is -2.44. The van der Waals surface area contributed by atoms with Gasteiger partial charge in [-0.2, -0.15) is 0 Å². The number of anilines is 1. The minimum atomic E-state index is -0.461. The van der Waals surface area contributed by atoms with E-state index in [9.17, 15) is 9.90 Å². The first-order valence-corrected chi connectivity index (χ1v) is 15.5. The van der Waals surface area contributed by atoms with Crippen LogP contribution < -0.4 is 9.64 Å². The molecular weight excluding hydrogens is 520 g/mol. The number of carbonyl (C=O) groups excluding carboxylic acids is 1. The highest BCUT2D eigenvalue weighted by Gasteiger charge is 2.38. The van der Waals surface area contributed by atoms with Gasteiger partial charge in [-0.25, -0.2) is 0 Å². The lowest BCUT2D eigenvalue weighted by atomic mass is 9.70. The predicted molar refractivity (Wildman–Crippen MR) is 164 cm³/mol. The van der Waals surface area contributed by atoms with Gasteiger partial charge < -0.3 is 19.6 Å². The molecule has 216 valence electrons. The zero-order chi connectivity index (χ0) is 28.4. The second-order valence-corrected chi connectivity index (χ2v) is 12.8. The van der Waals surface area contributed by atoms with Gasteiger partial charge in [-0.15, -0.1) is 0 Å². The standard InChI is InChI=1S/C34H45ClN2O3/c1-5-7-25-17-28(35)12-14-29(25)27-20-37-19-26-10-13-30(26)32(38)9-6-8-23(3)36(4)34(39)16-22(2)24-11-15-33(40-21-27)31(37)18-24/h6,9,11-12,14-15,17-18,22-23,26-27,30,32,38H,5,7-8,10,13,16,19-21H2,1-4H3/b9-6+. The molecule has 0 aromatic heterocycles. The van der Waals surface area contributed by atoms with E-state index in [4.69, 9.17) is 16.3 Å². The molecule has 5 nitrogen and oxygen atoms in total. The minimum Gasteiger partial charge on any atom is -0.491 e. The summed E-state index contributed by atoms with van der Waals surface area (Å²) in [6, 6.07) is 12.9. The molecule has 6 heteroatoms. The highest BCUT2D eigenvalue weighted by Crippen LogP contribution is 2.43. The molecule has 2 aliphatic heterocycles. The van der Waals surface area contributed by atoms with Gasteiger partial charge in [0.1, 0.15) is 5.75 Å². The first-order chi connectivity index (χ1) is 19.2.